The maximum absolute atomic E-state index is 10.8. The molecular weight excluding hydrogens is 165 g/mol. The first-order chi connectivity index (χ1) is 4.84. The first-order valence-electron chi connectivity index (χ1n) is 3.04. The van der Waals surface area contributed by atoms with Crippen LogP contribution in [0.1, 0.15) is 10.4 Å². The molecule has 0 bridgehead atoms. The molecule has 0 heterocycles. The van der Waals surface area contributed by atoms with Crippen molar-refractivity contribution in [3.63, 3.8) is 0 Å². The summed E-state index contributed by atoms with van der Waals surface area (Å²) in [6.45, 7) is 0. The number of carbonyl (C=O) groups is 1. The first-order valence-corrected chi connectivity index (χ1v) is 3.04. The van der Waals surface area contributed by atoms with Gasteiger partial charge >= 0.3 is 51.4 Å². The second-order valence-corrected chi connectivity index (χ2v) is 1.89. The number of hydrogen-bond donors (Lipinski definition) is 0. The van der Waals surface area contributed by atoms with Gasteiger partial charge in [0.2, 0.25) is 0 Å². The van der Waals surface area contributed by atoms with Gasteiger partial charge in [-0.1, -0.05) is 30.3 Å². The van der Waals surface area contributed by atoms with Gasteiger partial charge in [-0.05, 0) is 5.56 Å². The van der Waals surface area contributed by atoms with E-state index >= 15 is 0 Å². The fourth-order valence-corrected chi connectivity index (χ4v) is 0.710. The van der Waals surface area contributed by atoms with E-state index in [1.54, 1.807) is 12.1 Å². The number of carbonyl (C=O) groups excluding carboxylic acids is 1. The maximum Gasteiger partial charge on any atom is 1.00 e. The van der Waals surface area contributed by atoms with Gasteiger partial charge in [0.05, 0.1) is 5.91 Å². The normalized spacial score (nSPS) is 8.09. The van der Waals surface area contributed by atoms with E-state index in [0.29, 0.717) is 5.56 Å². The van der Waals surface area contributed by atoms with E-state index in [9.17, 15) is 4.79 Å². The Hall–Kier alpha value is 0.326. The van der Waals surface area contributed by atoms with Crippen LogP contribution in [0.25, 0.3) is 5.32 Å². The van der Waals surface area contributed by atoms with Gasteiger partial charge in [0.1, 0.15) is 0 Å². The summed E-state index contributed by atoms with van der Waals surface area (Å²) in [5.41, 5.74) is 0.644. The van der Waals surface area contributed by atoms with Crippen LogP contribution in [0.15, 0.2) is 30.3 Å². The molecule has 0 radical (unpaired) electrons. The second kappa shape index (κ2) is 5.91. The molecule has 0 aliphatic rings. The summed E-state index contributed by atoms with van der Waals surface area (Å²) in [6.07, 6.45) is 0. The molecule has 0 atom stereocenters. The molecule has 0 aliphatic heterocycles. The molecule has 2 nitrogen and oxygen atoms in total. The van der Waals surface area contributed by atoms with Crippen molar-refractivity contribution in [3.05, 3.63) is 41.2 Å². The molecule has 0 unspecified atom stereocenters. The zero-order valence-corrected chi connectivity index (χ0v) is 9.87. The molecule has 3 heteroatoms. The maximum atomic E-state index is 10.8. The molecule has 1 rings (SSSR count). The Kier molecular flexibility index (Phi) is 6.09. The summed E-state index contributed by atoms with van der Waals surface area (Å²) in [5, 5.41) is 3.52. The smallest absolute Gasteiger partial charge is 0.652 e. The number of hydrogen-bond acceptors (Lipinski definition) is 1. The molecule has 0 N–H and O–H groups in total. The van der Waals surface area contributed by atoms with E-state index in [4.69, 9.17) is 0 Å². The molecule has 0 aliphatic carbocycles. The summed E-state index contributed by atoms with van der Waals surface area (Å²) < 4.78 is 0. The van der Waals surface area contributed by atoms with Crippen LogP contribution in [0.2, 0.25) is 0 Å². The average molecular weight is 173 g/mol. The molecule has 0 spiro atoms. The molecule has 52 valence electrons. The topological polar surface area (TPSA) is 31.2 Å². The largest absolute Gasteiger partial charge is 1.00 e. The van der Waals surface area contributed by atoms with Crippen molar-refractivity contribution in [2.45, 2.75) is 0 Å². The monoisotopic (exact) mass is 173 g/mol. The molecule has 1 aromatic rings. The zero-order chi connectivity index (χ0) is 7.40. The van der Waals surface area contributed by atoms with Crippen LogP contribution in [0.3, 0.4) is 0 Å². The van der Waals surface area contributed by atoms with Crippen molar-refractivity contribution >= 4 is 5.91 Å². The van der Waals surface area contributed by atoms with Gasteiger partial charge < -0.3 is 10.1 Å². The molecule has 0 fully saturated rings. The minimum atomic E-state index is -0.166. The molecule has 1 aromatic carbocycles. The minimum Gasteiger partial charge on any atom is -0.652 e. The van der Waals surface area contributed by atoms with Gasteiger partial charge in [0.15, 0.2) is 0 Å². The Morgan fingerprint density at radius 1 is 1.27 bits per heavy atom. The number of amides is 1. The van der Waals surface area contributed by atoms with E-state index in [0.717, 1.165) is 0 Å². The third-order valence-corrected chi connectivity index (χ3v) is 1.22. The van der Waals surface area contributed by atoms with Crippen molar-refractivity contribution in [2.75, 3.05) is 7.05 Å². The van der Waals surface area contributed by atoms with Crippen LogP contribution in [0, 0.1) is 0 Å². The van der Waals surface area contributed by atoms with Crippen molar-refractivity contribution < 1.29 is 56.2 Å². The minimum absolute atomic E-state index is 0. The Bertz CT molecular complexity index is 223. The van der Waals surface area contributed by atoms with Gasteiger partial charge in [0.25, 0.3) is 0 Å². The number of benzene rings is 1. The molecule has 1 amide bonds. The van der Waals surface area contributed by atoms with E-state index in [2.05, 4.69) is 5.32 Å². The Balaban J connectivity index is 0.000001000. The van der Waals surface area contributed by atoms with Gasteiger partial charge in [-0.15, -0.1) is 7.05 Å². The quantitative estimate of drug-likeness (QED) is 0.493. The predicted octanol–water partition coefficient (Wildman–Crippen LogP) is -1.17. The van der Waals surface area contributed by atoms with Crippen LogP contribution in [-0.4, -0.2) is 13.0 Å². The molecule has 0 saturated carbocycles. The van der Waals surface area contributed by atoms with Crippen molar-refractivity contribution in [2.24, 2.45) is 0 Å². The van der Waals surface area contributed by atoms with E-state index in [1.165, 1.54) is 7.05 Å². The Morgan fingerprint density at radius 2 is 1.82 bits per heavy atom. The van der Waals surface area contributed by atoms with Crippen LogP contribution >= 0.6 is 0 Å². The average Bonchev–Trinajstić information content (AvgIpc) is 2.05. The SMILES string of the molecule is C[N-]C(=O)c1ccccc1.[K+]. The van der Waals surface area contributed by atoms with Crippen LogP contribution in [0.4, 0.5) is 0 Å². The van der Waals surface area contributed by atoms with Gasteiger partial charge in [-0.3, -0.25) is 0 Å². The predicted molar refractivity (Wildman–Crippen MR) is 40.1 cm³/mol. The van der Waals surface area contributed by atoms with Crippen LogP contribution in [-0.2, 0) is 0 Å². The summed E-state index contributed by atoms with van der Waals surface area (Å²) in [7, 11) is 1.50. The third-order valence-electron chi connectivity index (χ3n) is 1.22. The second-order valence-electron chi connectivity index (χ2n) is 1.89. The Morgan fingerprint density at radius 3 is 2.27 bits per heavy atom. The molecule has 11 heavy (non-hydrogen) atoms. The van der Waals surface area contributed by atoms with Crippen LogP contribution in [0.5, 0.6) is 0 Å². The van der Waals surface area contributed by atoms with Gasteiger partial charge in [-0.2, -0.15) is 0 Å². The molecular formula is C8H8KNO. The fourth-order valence-electron chi connectivity index (χ4n) is 0.710. The third kappa shape index (κ3) is 3.49. The summed E-state index contributed by atoms with van der Waals surface area (Å²) >= 11 is 0. The van der Waals surface area contributed by atoms with Crippen molar-refractivity contribution in [1.82, 2.24) is 0 Å². The van der Waals surface area contributed by atoms with Gasteiger partial charge in [-0.25, -0.2) is 0 Å². The standard InChI is InChI=1S/C8H9NO.K/c1-9-8(10)7-5-3-2-4-6-7;/h2-6H,1H3,(H,9,10);/q;+1/p-1. The molecule has 0 aromatic heterocycles. The van der Waals surface area contributed by atoms with E-state index in [-0.39, 0.29) is 57.3 Å². The number of nitrogens with zero attached hydrogens (tertiary/aromatic N) is 1. The first kappa shape index (κ1) is 11.3. The van der Waals surface area contributed by atoms with Crippen molar-refractivity contribution in [1.29, 1.82) is 0 Å². The van der Waals surface area contributed by atoms with Gasteiger partial charge in [0, 0.05) is 0 Å². The Labute approximate surface area is 109 Å². The van der Waals surface area contributed by atoms with E-state index in [1.807, 2.05) is 18.2 Å². The zero-order valence-electron chi connectivity index (χ0n) is 6.74. The van der Waals surface area contributed by atoms with E-state index < -0.39 is 0 Å². The summed E-state index contributed by atoms with van der Waals surface area (Å²) in [6, 6.07) is 8.99. The van der Waals surface area contributed by atoms with Crippen molar-refractivity contribution in [3.8, 4) is 0 Å². The number of rotatable bonds is 1. The molecule has 0 saturated heterocycles. The summed E-state index contributed by atoms with van der Waals surface area (Å²) in [4.78, 5) is 10.8. The fraction of sp³-hybridized carbons (Fsp3) is 0.125. The summed E-state index contributed by atoms with van der Waals surface area (Å²) in [5.74, 6) is -0.166. The van der Waals surface area contributed by atoms with Crippen LogP contribution < -0.4 is 51.4 Å².